The fraction of sp³-hybridized carbons (Fsp3) is 0.333. The van der Waals surface area contributed by atoms with Gasteiger partial charge in [0.1, 0.15) is 5.82 Å². The van der Waals surface area contributed by atoms with Gasteiger partial charge in [0.15, 0.2) is 5.11 Å². The molecule has 4 nitrogen and oxygen atoms in total. The van der Waals surface area contributed by atoms with Crippen LogP contribution >= 0.6 is 12.2 Å². The molecule has 0 radical (unpaired) electrons. The molecule has 2 rings (SSSR count). The summed E-state index contributed by atoms with van der Waals surface area (Å²) in [6, 6.07) is 5.06. The van der Waals surface area contributed by atoms with Gasteiger partial charge in [-0.05, 0) is 42.8 Å². The van der Waals surface area contributed by atoms with Crippen LogP contribution in [0.2, 0.25) is 0 Å². The van der Waals surface area contributed by atoms with E-state index in [0.29, 0.717) is 11.3 Å². The van der Waals surface area contributed by atoms with Crippen molar-refractivity contribution in [2.45, 2.75) is 12.8 Å². The molecule has 0 atom stereocenters. The van der Waals surface area contributed by atoms with Crippen LogP contribution in [-0.2, 0) is 0 Å². The monoisotopic (exact) mass is 266 g/mol. The predicted octanol–water partition coefficient (Wildman–Crippen LogP) is 1.59. The van der Waals surface area contributed by atoms with Crippen LogP contribution in [0, 0.1) is 5.82 Å². The number of rotatable bonds is 3. The van der Waals surface area contributed by atoms with E-state index in [2.05, 4.69) is 27.6 Å². The molecular weight excluding hydrogens is 251 g/mol. The lowest BCUT2D eigenvalue weighted by molar-refractivity contribution is 0.623. The standard InChI is InChI=1S/C12H15FN4S/c13-10-7-9(8-15-16-12(14)18)3-4-11(10)17-5-1-2-6-17/h3-4,7-8H,1-2,5-6H2,(H3,14,16,18). The van der Waals surface area contributed by atoms with Crippen molar-refractivity contribution in [3.8, 4) is 0 Å². The molecule has 6 heteroatoms. The number of halogens is 1. The summed E-state index contributed by atoms with van der Waals surface area (Å²) in [5.41, 5.74) is 8.97. The highest BCUT2D eigenvalue weighted by atomic mass is 32.1. The van der Waals surface area contributed by atoms with Crippen molar-refractivity contribution in [3.05, 3.63) is 29.6 Å². The third-order valence-corrected chi connectivity index (χ3v) is 2.90. The minimum Gasteiger partial charge on any atom is -0.375 e. The lowest BCUT2D eigenvalue weighted by Gasteiger charge is -2.18. The molecule has 1 aliphatic heterocycles. The Morgan fingerprint density at radius 2 is 2.17 bits per heavy atom. The average molecular weight is 266 g/mol. The van der Waals surface area contributed by atoms with Crippen molar-refractivity contribution < 1.29 is 4.39 Å². The molecule has 3 N–H and O–H groups in total. The summed E-state index contributed by atoms with van der Waals surface area (Å²) in [7, 11) is 0. The van der Waals surface area contributed by atoms with Crippen LogP contribution in [0.4, 0.5) is 10.1 Å². The number of thiocarbonyl (C=S) groups is 1. The first-order valence-corrected chi connectivity index (χ1v) is 6.20. The van der Waals surface area contributed by atoms with Crippen LogP contribution in [0.5, 0.6) is 0 Å². The zero-order valence-corrected chi connectivity index (χ0v) is 10.7. The molecule has 0 saturated carbocycles. The number of hydrogen-bond acceptors (Lipinski definition) is 3. The van der Waals surface area contributed by atoms with E-state index in [1.807, 2.05) is 6.07 Å². The van der Waals surface area contributed by atoms with Gasteiger partial charge >= 0.3 is 0 Å². The second kappa shape index (κ2) is 5.77. The molecule has 1 aromatic carbocycles. The summed E-state index contributed by atoms with van der Waals surface area (Å²) in [6.07, 6.45) is 3.73. The number of benzene rings is 1. The molecule has 1 saturated heterocycles. The van der Waals surface area contributed by atoms with Crippen molar-refractivity contribution in [2.24, 2.45) is 10.8 Å². The molecule has 0 unspecified atom stereocenters. The predicted molar refractivity (Wildman–Crippen MR) is 75.4 cm³/mol. The zero-order chi connectivity index (χ0) is 13.0. The second-order valence-electron chi connectivity index (χ2n) is 4.14. The maximum absolute atomic E-state index is 13.9. The highest BCUT2D eigenvalue weighted by Gasteiger charge is 2.15. The van der Waals surface area contributed by atoms with Gasteiger partial charge in [-0.3, -0.25) is 5.43 Å². The SMILES string of the molecule is NC(=S)NN=Cc1ccc(N2CCCC2)c(F)c1. The molecule has 0 bridgehead atoms. The van der Waals surface area contributed by atoms with E-state index in [9.17, 15) is 4.39 Å². The lowest BCUT2D eigenvalue weighted by Crippen LogP contribution is -2.24. The Morgan fingerprint density at radius 3 is 2.78 bits per heavy atom. The summed E-state index contributed by atoms with van der Waals surface area (Å²) in [5.74, 6) is -0.226. The van der Waals surface area contributed by atoms with Crippen LogP contribution < -0.4 is 16.1 Å². The van der Waals surface area contributed by atoms with E-state index < -0.39 is 0 Å². The third kappa shape index (κ3) is 3.16. The third-order valence-electron chi connectivity index (χ3n) is 2.81. The topological polar surface area (TPSA) is 53.6 Å². The van der Waals surface area contributed by atoms with E-state index in [0.717, 1.165) is 25.9 Å². The molecule has 0 spiro atoms. The second-order valence-corrected chi connectivity index (χ2v) is 4.58. The van der Waals surface area contributed by atoms with Crippen molar-refractivity contribution in [3.63, 3.8) is 0 Å². The van der Waals surface area contributed by atoms with Crippen molar-refractivity contribution >= 4 is 29.2 Å². The number of hydrazone groups is 1. The molecule has 1 heterocycles. The fourth-order valence-electron chi connectivity index (χ4n) is 1.99. The molecule has 1 fully saturated rings. The molecule has 1 aromatic rings. The van der Waals surface area contributed by atoms with Gasteiger partial charge in [0.25, 0.3) is 0 Å². The highest BCUT2D eigenvalue weighted by molar-refractivity contribution is 7.80. The van der Waals surface area contributed by atoms with Crippen LogP contribution in [-0.4, -0.2) is 24.4 Å². The van der Waals surface area contributed by atoms with Gasteiger partial charge in [0.2, 0.25) is 0 Å². The van der Waals surface area contributed by atoms with Gasteiger partial charge < -0.3 is 10.6 Å². The van der Waals surface area contributed by atoms with E-state index in [1.165, 1.54) is 12.3 Å². The Bertz CT molecular complexity index is 469. The van der Waals surface area contributed by atoms with Crippen LogP contribution in [0.25, 0.3) is 0 Å². The molecular formula is C12H15FN4S. The minimum absolute atomic E-state index is 0.0837. The van der Waals surface area contributed by atoms with Crippen LogP contribution in [0.15, 0.2) is 23.3 Å². The van der Waals surface area contributed by atoms with Gasteiger partial charge in [-0.15, -0.1) is 0 Å². The lowest BCUT2D eigenvalue weighted by atomic mass is 10.2. The van der Waals surface area contributed by atoms with Gasteiger partial charge in [-0.2, -0.15) is 5.10 Å². The number of hydrogen-bond donors (Lipinski definition) is 2. The first-order valence-electron chi connectivity index (χ1n) is 5.80. The van der Waals surface area contributed by atoms with Crippen molar-refractivity contribution in [1.29, 1.82) is 0 Å². The summed E-state index contributed by atoms with van der Waals surface area (Å²) >= 11 is 4.60. The smallest absolute Gasteiger partial charge is 0.184 e. The Labute approximate surface area is 111 Å². The Kier molecular flexibility index (Phi) is 4.09. The largest absolute Gasteiger partial charge is 0.375 e. The maximum atomic E-state index is 13.9. The maximum Gasteiger partial charge on any atom is 0.184 e. The van der Waals surface area contributed by atoms with Crippen molar-refractivity contribution in [1.82, 2.24) is 5.43 Å². The van der Waals surface area contributed by atoms with Gasteiger partial charge in [0, 0.05) is 13.1 Å². The molecule has 96 valence electrons. The Hall–Kier alpha value is -1.69. The Morgan fingerprint density at radius 1 is 1.44 bits per heavy atom. The quantitative estimate of drug-likeness (QED) is 0.495. The Balaban J connectivity index is 2.09. The van der Waals surface area contributed by atoms with Crippen LogP contribution in [0.1, 0.15) is 18.4 Å². The van der Waals surface area contributed by atoms with E-state index >= 15 is 0 Å². The number of nitrogens with one attached hydrogen (secondary N) is 1. The summed E-state index contributed by atoms with van der Waals surface area (Å²) in [5, 5.41) is 3.87. The summed E-state index contributed by atoms with van der Waals surface area (Å²) in [4.78, 5) is 2.06. The van der Waals surface area contributed by atoms with E-state index in [-0.39, 0.29) is 10.9 Å². The summed E-state index contributed by atoms with van der Waals surface area (Å²) < 4.78 is 13.9. The average Bonchev–Trinajstić information content (AvgIpc) is 2.82. The molecule has 0 aliphatic carbocycles. The number of nitrogens with two attached hydrogens (primary N) is 1. The van der Waals surface area contributed by atoms with E-state index in [4.69, 9.17) is 5.73 Å². The number of anilines is 1. The summed E-state index contributed by atoms with van der Waals surface area (Å²) in [6.45, 7) is 1.85. The zero-order valence-electron chi connectivity index (χ0n) is 9.90. The molecule has 1 aliphatic rings. The van der Waals surface area contributed by atoms with Gasteiger partial charge in [-0.1, -0.05) is 6.07 Å². The van der Waals surface area contributed by atoms with Gasteiger partial charge in [0.05, 0.1) is 11.9 Å². The minimum atomic E-state index is -0.226. The van der Waals surface area contributed by atoms with Crippen LogP contribution in [0.3, 0.4) is 0 Å². The van der Waals surface area contributed by atoms with Crippen molar-refractivity contribution in [2.75, 3.05) is 18.0 Å². The van der Waals surface area contributed by atoms with E-state index in [1.54, 1.807) is 6.07 Å². The molecule has 0 aromatic heterocycles. The first-order chi connectivity index (χ1) is 8.66. The molecule has 18 heavy (non-hydrogen) atoms. The highest BCUT2D eigenvalue weighted by Crippen LogP contribution is 2.23. The fourth-order valence-corrected chi connectivity index (χ4v) is 2.04. The number of nitrogens with zero attached hydrogens (tertiary/aromatic N) is 2. The molecule has 0 amide bonds. The first kappa shape index (κ1) is 12.8. The normalized spacial score (nSPS) is 15.3. The van der Waals surface area contributed by atoms with Gasteiger partial charge in [-0.25, -0.2) is 4.39 Å².